The molecule has 3 nitrogen and oxygen atoms in total. The summed E-state index contributed by atoms with van der Waals surface area (Å²) < 4.78 is 3.18. The van der Waals surface area contributed by atoms with Gasteiger partial charge in [-0.05, 0) is 24.3 Å². The zero-order chi connectivity index (χ0) is 10.8. The minimum atomic E-state index is 0.758. The molecule has 0 atom stereocenters. The molecule has 3 aromatic rings. The number of aromatic nitrogens is 2. The Kier molecular flexibility index (Phi) is 2.34. The largest absolute Gasteiger partial charge is 0.320 e. The average Bonchev–Trinajstić information content (AvgIpc) is 2.95. The highest BCUT2D eigenvalue weighted by Crippen LogP contribution is 2.21. The molecule has 0 radical (unpaired) electrons. The van der Waals surface area contributed by atoms with Crippen molar-refractivity contribution in [2.75, 3.05) is 5.43 Å². The molecule has 0 saturated heterocycles. The van der Waals surface area contributed by atoms with Crippen LogP contribution in [0.3, 0.4) is 0 Å². The minimum Gasteiger partial charge on any atom is -0.320 e. The Balaban J connectivity index is 1.79. The standard InChI is InChI=1S/C12H11N3S/c1-2-6-11-10(5-1)14-12(16-11)9-13-15-7-3-4-8-15/h1-8,13H,9H2. The molecule has 0 spiro atoms. The van der Waals surface area contributed by atoms with Crippen LogP contribution in [0.1, 0.15) is 5.01 Å². The van der Waals surface area contributed by atoms with E-state index in [4.69, 9.17) is 0 Å². The van der Waals surface area contributed by atoms with Gasteiger partial charge in [-0.2, -0.15) is 0 Å². The van der Waals surface area contributed by atoms with E-state index in [2.05, 4.69) is 16.5 Å². The van der Waals surface area contributed by atoms with Crippen LogP contribution in [0.4, 0.5) is 0 Å². The predicted molar refractivity (Wildman–Crippen MR) is 67.1 cm³/mol. The molecule has 0 aliphatic rings. The van der Waals surface area contributed by atoms with Crippen LogP contribution >= 0.6 is 11.3 Å². The normalized spacial score (nSPS) is 10.8. The molecule has 80 valence electrons. The molecule has 0 aliphatic heterocycles. The fraction of sp³-hybridized carbons (Fsp3) is 0.0833. The summed E-state index contributed by atoms with van der Waals surface area (Å²) in [6, 6.07) is 12.2. The summed E-state index contributed by atoms with van der Waals surface area (Å²) in [6.45, 7) is 0.758. The predicted octanol–water partition coefficient (Wildman–Crippen LogP) is 2.84. The second-order valence-electron chi connectivity index (χ2n) is 3.50. The Bertz CT molecular complexity index is 550. The number of fused-ring (bicyclic) bond motifs is 1. The van der Waals surface area contributed by atoms with E-state index in [0.717, 1.165) is 17.1 Å². The third-order valence-electron chi connectivity index (χ3n) is 2.36. The van der Waals surface area contributed by atoms with Crippen LogP contribution < -0.4 is 5.43 Å². The van der Waals surface area contributed by atoms with Gasteiger partial charge in [0.1, 0.15) is 5.01 Å². The van der Waals surface area contributed by atoms with Gasteiger partial charge < -0.3 is 5.43 Å². The monoisotopic (exact) mass is 229 g/mol. The summed E-state index contributed by atoms with van der Waals surface area (Å²) in [6.07, 6.45) is 3.96. The molecule has 0 fully saturated rings. The van der Waals surface area contributed by atoms with Crippen molar-refractivity contribution in [2.24, 2.45) is 0 Å². The van der Waals surface area contributed by atoms with Crippen LogP contribution in [0.5, 0.6) is 0 Å². The zero-order valence-electron chi connectivity index (χ0n) is 8.63. The van der Waals surface area contributed by atoms with Gasteiger partial charge in [-0.1, -0.05) is 12.1 Å². The number of thiazole rings is 1. The first kappa shape index (κ1) is 9.42. The van der Waals surface area contributed by atoms with E-state index >= 15 is 0 Å². The van der Waals surface area contributed by atoms with Crippen molar-refractivity contribution in [3.8, 4) is 0 Å². The highest BCUT2D eigenvalue weighted by Gasteiger charge is 2.01. The first-order valence-electron chi connectivity index (χ1n) is 5.13. The fourth-order valence-electron chi connectivity index (χ4n) is 1.59. The molecule has 0 bridgehead atoms. The Labute approximate surface area is 97.3 Å². The van der Waals surface area contributed by atoms with Crippen LogP contribution in [0, 0.1) is 0 Å². The van der Waals surface area contributed by atoms with Gasteiger partial charge in [0, 0.05) is 12.4 Å². The fourth-order valence-corrected chi connectivity index (χ4v) is 2.49. The molecule has 0 amide bonds. The Morgan fingerprint density at radius 3 is 2.75 bits per heavy atom. The lowest BCUT2D eigenvalue weighted by atomic mass is 10.3. The second kappa shape index (κ2) is 3.98. The highest BCUT2D eigenvalue weighted by atomic mass is 32.1. The summed E-state index contributed by atoms with van der Waals surface area (Å²) in [5.41, 5.74) is 4.35. The molecule has 1 N–H and O–H groups in total. The van der Waals surface area contributed by atoms with Crippen LogP contribution in [-0.4, -0.2) is 9.66 Å². The van der Waals surface area contributed by atoms with Crippen LogP contribution in [0.25, 0.3) is 10.2 Å². The van der Waals surface area contributed by atoms with E-state index < -0.39 is 0 Å². The first-order valence-corrected chi connectivity index (χ1v) is 5.95. The third-order valence-corrected chi connectivity index (χ3v) is 3.39. The van der Waals surface area contributed by atoms with Gasteiger partial charge in [0.25, 0.3) is 0 Å². The van der Waals surface area contributed by atoms with E-state index in [1.165, 1.54) is 4.70 Å². The first-order chi connectivity index (χ1) is 7.92. The molecule has 3 rings (SSSR count). The number of benzene rings is 1. The Morgan fingerprint density at radius 1 is 1.12 bits per heavy atom. The maximum atomic E-state index is 4.55. The molecule has 2 heterocycles. The molecule has 0 saturated carbocycles. The molecule has 2 aromatic heterocycles. The molecule has 1 aromatic carbocycles. The van der Waals surface area contributed by atoms with Gasteiger partial charge in [-0.15, -0.1) is 11.3 Å². The molecule has 0 aliphatic carbocycles. The average molecular weight is 229 g/mol. The summed E-state index contributed by atoms with van der Waals surface area (Å²) >= 11 is 1.73. The highest BCUT2D eigenvalue weighted by molar-refractivity contribution is 7.18. The lowest BCUT2D eigenvalue weighted by Crippen LogP contribution is -2.11. The molecule has 4 heteroatoms. The smallest absolute Gasteiger partial charge is 0.115 e. The third kappa shape index (κ3) is 1.79. The topological polar surface area (TPSA) is 29.9 Å². The van der Waals surface area contributed by atoms with E-state index in [9.17, 15) is 0 Å². The summed E-state index contributed by atoms with van der Waals surface area (Å²) in [4.78, 5) is 4.55. The lowest BCUT2D eigenvalue weighted by Gasteiger charge is -2.03. The van der Waals surface area contributed by atoms with Gasteiger partial charge in [-0.3, -0.25) is 4.68 Å². The van der Waals surface area contributed by atoms with Gasteiger partial charge in [0.15, 0.2) is 0 Å². The van der Waals surface area contributed by atoms with Crippen molar-refractivity contribution in [1.82, 2.24) is 9.66 Å². The van der Waals surface area contributed by atoms with Crippen molar-refractivity contribution in [3.63, 3.8) is 0 Å². The zero-order valence-corrected chi connectivity index (χ0v) is 9.45. The minimum absolute atomic E-state index is 0.758. The van der Waals surface area contributed by atoms with E-state index in [1.807, 2.05) is 47.4 Å². The number of hydrogen-bond donors (Lipinski definition) is 1. The van der Waals surface area contributed by atoms with Crippen LogP contribution in [0.15, 0.2) is 48.8 Å². The van der Waals surface area contributed by atoms with Crippen LogP contribution in [-0.2, 0) is 6.54 Å². The van der Waals surface area contributed by atoms with E-state index in [-0.39, 0.29) is 0 Å². The molecular weight excluding hydrogens is 218 g/mol. The summed E-state index contributed by atoms with van der Waals surface area (Å²) in [7, 11) is 0. The van der Waals surface area contributed by atoms with Crippen molar-refractivity contribution in [3.05, 3.63) is 53.8 Å². The van der Waals surface area contributed by atoms with E-state index in [0.29, 0.717) is 0 Å². The maximum Gasteiger partial charge on any atom is 0.115 e. The Morgan fingerprint density at radius 2 is 1.94 bits per heavy atom. The number of para-hydroxylation sites is 1. The SMILES string of the molecule is c1ccc2sc(CNn3cccc3)nc2c1. The molecular formula is C12H11N3S. The van der Waals surface area contributed by atoms with E-state index in [1.54, 1.807) is 11.3 Å². The summed E-state index contributed by atoms with van der Waals surface area (Å²) in [5, 5.41) is 1.11. The van der Waals surface area contributed by atoms with Gasteiger partial charge in [-0.25, -0.2) is 4.98 Å². The van der Waals surface area contributed by atoms with Crippen molar-refractivity contribution < 1.29 is 0 Å². The van der Waals surface area contributed by atoms with Crippen LogP contribution in [0.2, 0.25) is 0 Å². The summed E-state index contributed by atoms with van der Waals surface area (Å²) in [5.74, 6) is 0. The lowest BCUT2D eigenvalue weighted by molar-refractivity contribution is 0.843. The van der Waals surface area contributed by atoms with Crippen molar-refractivity contribution in [2.45, 2.75) is 6.54 Å². The quantitative estimate of drug-likeness (QED) is 0.748. The number of nitrogens with zero attached hydrogens (tertiary/aromatic N) is 2. The van der Waals surface area contributed by atoms with Crippen molar-refractivity contribution in [1.29, 1.82) is 0 Å². The Hall–Kier alpha value is -1.81. The van der Waals surface area contributed by atoms with Crippen molar-refractivity contribution >= 4 is 21.6 Å². The maximum absolute atomic E-state index is 4.55. The van der Waals surface area contributed by atoms with Gasteiger partial charge in [0.05, 0.1) is 16.8 Å². The number of rotatable bonds is 3. The molecule has 16 heavy (non-hydrogen) atoms. The molecule has 0 unspecified atom stereocenters. The second-order valence-corrected chi connectivity index (χ2v) is 4.62. The van der Waals surface area contributed by atoms with Gasteiger partial charge >= 0.3 is 0 Å². The number of hydrogen-bond acceptors (Lipinski definition) is 3. The van der Waals surface area contributed by atoms with Gasteiger partial charge in [0.2, 0.25) is 0 Å². The number of nitrogens with one attached hydrogen (secondary N) is 1.